The van der Waals surface area contributed by atoms with E-state index in [1.165, 1.54) is 18.1 Å². The Morgan fingerprint density at radius 3 is 2.76 bits per heavy atom. The van der Waals surface area contributed by atoms with Crippen LogP contribution in [0.5, 0.6) is 5.75 Å². The third kappa shape index (κ3) is 4.31. The molecule has 0 aliphatic carbocycles. The number of ether oxygens (including phenoxy) is 2. The van der Waals surface area contributed by atoms with E-state index in [4.69, 9.17) is 19.2 Å². The van der Waals surface area contributed by atoms with E-state index in [1.807, 2.05) is 30.3 Å². The van der Waals surface area contributed by atoms with Gasteiger partial charge >= 0.3 is 5.97 Å². The van der Waals surface area contributed by atoms with Crippen LogP contribution in [0.3, 0.4) is 0 Å². The number of hydrogen-bond acceptors (Lipinski definition) is 8. The van der Waals surface area contributed by atoms with Gasteiger partial charge in [0, 0.05) is 5.39 Å². The van der Waals surface area contributed by atoms with Gasteiger partial charge in [0.05, 0.1) is 17.4 Å². The zero-order chi connectivity index (χ0) is 20.1. The molecule has 0 bridgehead atoms. The molecule has 0 atom stereocenters. The van der Waals surface area contributed by atoms with E-state index in [2.05, 4.69) is 9.97 Å². The molecule has 4 rings (SSSR count). The summed E-state index contributed by atoms with van der Waals surface area (Å²) in [7, 11) is 0. The number of para-hydroxylation sites is 1. The maximum Gasteiger partial charge on any atom is 0.316 e. The minimum Gasteiger partial charge on any atom is -0.490 e. The van der Waals surface area contributed by atoms with Crippen LogP contribution in [0.25, 0.3) is 22.1 Å². The van der Waals surface area contributed by atoms with Crippen molar-refractivity contribution in [3.63, 3.8) is 0 Å². The second-order valence-electron chi connectivity index (χ2n) is 5.95. The van der Waals surface area contributed by atoms with Crippen LogP contribution in [0, 0.1) is 11.3 Å². The Morgan fingerprint density at radius 1 is 1.10 bits per heavy atom. The number of aromatic nitrogens is 2. The molecule has 4 aromatic rings. The Hall–Kier alpha value is -3.57. The van der Waals surface area contributed by atoms with Crippen LogP contribution in [0.1, 0.15) is 5.56 Å². The van der Waals surface area contributed by atoms with Crippen molar-refractivity contribution < 1.29 is 18.7 Å². The quantitative estimate of drug-likeness (QED) is 0.197. The van der Waals surface area contributed by atoms with Crippen molar-refractivity contribution in [3.05, 3.63) is 60.4 Å². The summed E-state index contributed by atoms with van der Waals surface area (Å²) in [6.07, 6.45) is 1.46. The molecule has 0 radical (unpaired) electrons. The van der Waals surface area contributed by atoms with Crippen LogP contribution in [0.15, 0.2) is 64.3 Å². The number of thioether (sulfide) groups is 1. The number of rotatable bonds is 7. The van der Waals surface area contributed by atoms with Crippen molar-refractivity contribution >= 4 is 39.8 Å². The second kappa shape index (κ2) is 8.63. The Morgan fingerprint density at radius 2 is 1.93 bits per heavy atom. The number of nitriles is 1. The summed E-state index contributed by atoms with van der Waals surface area (Å²) < 4.78 is 16.5. The van der Waals surface area contributed by atoms with Crippen LogP contribution in [-0.2, 0) is 9.53 Å². The molecule has 8 heteroatoms. The predicted molar refractivity (Wildman–Crippen MR) is 108 cm³/mol. The first kappa shape index (κ1) is 18.8. The maximum atomic E-state index is 12.0. The van der Waals surface area contributed by atoms with E-state index in [9.17, 15) is 4.79 Å². The largest absolute Gasteiger partial charge is 0.490 e. The number of carbonyl (C=O) groups excluding carboxylic acids is 1. The van der Waals surface area contributed by atoms with Gasteiger partial charge in [-0.15, -0.1) is 0 Å². The molecule has 0 fully saturated rings. The van der Waals surface area contributed by atoms with Gasteiger partial charge in [-0.1, -0.05) is 23.9 Å². The summed E-state index contributed by atoms with van der Waals surface area (Å²) in [4.78, 5) is 20.5. The van der Waals surface area contributed by atoms with E-state index in [0.717, 1.165) is 16.5 Å². The molecule has 29 heavy (non-hydrogen) atoms. The lowest BCUT2D eigenvalue weighted by Crippen LogP contribution is -2.13. The summed E-state index contributed by atoms with van der Waals surface area (Å²) in [5.74, 6) is 0.337. The first-order chi connectivity index (χ1) is 14.2. The number of furan rings is 1. The molecular weight excluding hydrogens is 390 g/mol. The van der Waals surface area contributed by atoms with Gasteiger partial charge in [-0.25, -0.2) is 9.97 Å². The molecule has 2 heterocycles. The summed E-state index contributed by atoms with van der Waals surface area (Å²) in [5, 5.41) is 10.3. The van der Waals surface area contributed by atoms with E-state index >= 15 is 0 Å². The molecule has 0 saturated heterocycles. The Kier molecular flexibility index (Phi) is 5.59. The number of hydrogen-bond donors (Lipinski definition) is 0. The second-order valence-corrected chi connectivity index (χ2v) is 6.91. The summed E-state index contributed by atoms with van der Waals surface area (Å²) in [5.41, 5.74) is 2.58. The number of carbonyl (C=O) groups is 1. The minimum atomic E-state index is -0.374. The van der Waals surface area contributed by atoms with Crippen molar-refractivity contribution in [1.29, 1.82) is 5.26 Å². The molecule has 0 saturated carbocycles. The smallest absolute Gasteiger partial charge is 0.316 e. The number of benzene rings is 2. The van der Waals surface area contributed by atoms with Gasteiger partial charge in [0.2, 0.25) is 0 Å². The van der Waals surface area contributed by atoms with Gasteiger partial charge in [-0.05, 0) is 36.4 Å². The Labute approximate surface area is 170 Å². The average molecular weight is 405 g/mol. The molecule has 0 N–H and O–H groups in total. The van der Waals surface area contributed by atoms with Crippen LogP contribution in [0.2, 0.25) is 0 Å². The average Bonchev–Trinajstić information content (AvgIpc) is 3.15. The number of fused-ring (bicyclic) bond motifs is 3. The van der Waals surface area contributed by atoms with Gasteiger partial charge in [0.15, 0.2) is 5.58 Å². The van der Waals surface area contributed by atoms with Crippen LogP contribution < -0.4 is 4.74 Å². The van der Waals surface area contributed by atoms with Gasteiger partial charge in [-0.2, -0.15) is 5.26 Å². The highest BCUT2D eigenvalue weighted by Crippen LogP contribution is 2.32. The van der Waals surface area contributed by atoms with Gasteiger partial charge in [0.25, 0.3) is 0 Å². The van der Waals surface area contributed by atoms with Crippen molar-refractivity contribution in [2.45, 2.75) is 5.03 Å². The summed E-state index contributed by atoms with van der Waals surface area (Å²) in [6.45, 7) is 0.354. The molecule has 144 valence electrons. The fraction of sp³-hybridized carbons (Fsp3) is 0.143. The fourth-order valence-electron chi connectivity index (χ4n) is 2.72. The van der Waals surface area contributed by atoms with Gasteiger partial charge < -0.3 is 13.9 Å². The molecule has 7 nitrogen and oxygen atoms in total. The first-order valence-electron chi connectivity index (χ1n) is 8.78. The topological polar surface area (TPSA) is 98.2 Å². The third-order valence-electron chi connectivity index (χ3n) is 4.05. The summed E-state index contributed by atoms with van der Waals surface area (Å²) >= 11 is 1.24. The standard InChI is InChI=1S/C21H15N3O4S/c22-11-14-5-7-15(8-6-14)26-9-10-27-18(25)12-29-21-20-19(23-13-24-21)16-3-1-2-4-17(16)28-20/h1-8,13H,9-10,12H2. The molecule has 0 aliphatic rings. The van der Waals surface area contributed by atoms with Crippen LogP contribution in [-0.4, -0.2) is 34.9 Å². The monoisotopic (exact) mass is 405 g/mol. The molecule has 2 aromatic carbocycles. The van der Waals surface area contributed by atoms with E-state index in [0.29, 0.717) is 21.9 Å². The summed E-state index contributed by atoms with van der Waals surface area (Å²) in [6, 6.07) is 16.4. The van der Waals surface area contributed by atoms with E-state index in [-0.39, 0.29) is 24.9 Å². The number of nitrogens with zero attached hydrogens (tertiary/aromatic N) is 3. The van der Waals surface area contributed by atoms with Crippen molar-refractivity contribution in [2.75, 3.05) is 19.0 Å². The SMILES string of the molecule is N#Cc1ccc(OCCOC(=O)CSc2ncnc3c2oc2ccccc23)cc1. The Balaban J connectivity index is 1.29. The minimum absolute atomic E-state index is 0.0972. The van der Waals surface area contributed by atoms with Gasteiger partial charge in [0.1, 0.15) is 41.4 Å². The lowest BCUT2D eigenvalue weighted by Gasteiger charge is -2.07. The Bertz CT molecular complexity index is 1200. The molecule has 0 aliphatic heterocycles. The maximum absolute atomic E-state index is 12.0. The molecule has 0 unspecified atom stereocenters. The lowest BCUT2D eigenvalue weighted by molar-refractivity contribution is -0.141. The third-order valence-corrected chi connectivity index (χ3v) is 4.99. The van der Waals surface area contributed by atoms with Gasteiger partial charge in [-0.3, -0.25) is 4.79 Å². The van der Waals surface area contributed by atoms with Crippen LogP contribution >= 0.6 is 11.8 Å². The number of esters is 1. The fourth-order valence-corrected chi connectivity index (χ4v) is 3.44. The predicted octanol–water partition coefficient (Wildman–Crippen LogP) is 3.96. The molecule has 2 aromatic heterocycles. The normalized spacial score (nSPS) is 10.7. The molecular formula is C21H15N3O4S. The zero-order valence-corrected chi connectivity index (χ0v) is 16.0. The van der Waals surface area contributed by atoms with Crippen molar-refractivity contribution in [2.24, 2.45) is 0 Å². The highest BCUT2D eigenvalue weighted by Gasteiger charge is 2.14. The zero-order valence-electron chi connectivity index (χ0n) is 15.2. The van der Waals surface area contributed by atoms with E-state index in [1.54, 1.807) is 24.3 Å². The van der Waals surface area contributed by atoms with Crippen molar-refractivity contribution in [1.82, 2.24) is 9.97 Å². The molecule has 0 spiro atoms. The molecule has 0 amide bonds. The lowest BCUT2D eigenvalue weighted by atomic mass is 10.2. The van der Waals surface area contributed by atoms with Crippen LogP contribution in [0.4, 0.5) is 0 Å². The van der Waals surface area contributed by atoms with E-state index < -0.39 is 0 Å². The van der Waals surface area contributed by atoms with Crippen molar-refractivity contribution in [3.8, 4) is 11.8 Å². The highest BCUT2D eigenvalue weighted by atomic mass is 32.2. The highest BCUT2D eigenvalue weighted by molar-refractivity contribution is 8.00. The first-order valence-corrected chi connectivity index (χ1v) is 9.77.